The highest BCUT2D eigenvalue weighted by molar-refractivity contribution is 5.88. The Balaban J connectivity index is 1.67. The molecule has 148 valence electrons. The Kier molecular flexibility index (Phi) is 5.03. The van der Waals surface area contributed by atoms with Crippen LogP contribution in [-0.4, -0.2) is 21.7 Å². The van der Waals surface area contributed by atoms with E-state index in [2.05, 4.69) is 19.9 Å². The lowest BCUT2D eigenvalue weighted by Crippen LogP contribution is -2.02. The highest BCUT2D eigenvalue weighted by Gasteiger charge is 2.17. The number of hydrogen-bond donors (Lipinski definition) is 0. The molecule has 2 aromatic carbocycles. The molecule has 0 aliphatic carbocycles. The Bertz CT molecular complexity index is 1150. The summed E-state index contributed by atoms with van der Waals surface area (Å²) < 4.78 is 54.6. The van der Waals surface area contributed by atoms with Crippen molar-refractivity contribution in [3.05, 3.63) is 66.0 Å². The molecule has 6 nitrogen and oxygen atoms in total. The molecule has 0 atom stereocenters. The molecule has 0 fully saturated rings. The monoisotopic (exact) mass is 401 g/mol. The summed E-state index contributed by atoms with van der Waals surface area (Å²) in [5, 5.41) is 4.30. The van der Waals surface area contributed by atoms with Gasteiger partial charge in [0.15, 0.2) is 11.4 Å². The van der Waals surface area contributed by atoms with E-state index in [4.69, 9.17) is 9.26 Å². The predicted octanol–water partition coefficient (Wildman–Crippen LogP) is 4.91. The van der Waals surface area contributed by atoms with Crippen LogP contribution in [0.1, 0.15) is 11.4 Å². The topological polar surface area (TPSA) is 70.3 Å². The predicted molar refractivity (Wildman–Crippen MR) is 97.1 cm³/mol. The van der Waals surface area contributed by atoms with Crippen LogP contribution in [0.4, 0.5) is 13.2 Å². The Hall–Kier alpha value is -3.62. The van der Waals surface area contributed by atoms with Crippen LogP contribution in [0.3, 0.4) is 0 Å². The average Bonchev–Trinajstić information content (AvgIpc) is 3.08. The number of aromatic nitrogens is 3. The molecule has 0 aliphatic rings. The summed E-state index contributed by atoms with van der Waals surface area (Å²) in [6.45, 7) is -1.19. The minimum atomic E-state index is -2.93. The highest BCUT2D eigenvalue weighted by Crippen LogP contribution is 2.35. The molecule has 0 bridgehead atoms. The van der Waals surface area contributed by atoms with E-state index in [9.17, 15) is 13.2 Å². The van der Waals surface area contributed by atoms with Gasteiger partial charge in [-0.1, -0.05) is 6.07 Å². The van der Waals surface area contributed by atoms with Gasteiger partial charge in [-0.15, -0.1) is 0 Å². The number of nitrogens with zero attached hydrogens (tertiary/aromatic N) is 3. The number of halogens is 3. The van der Waals surface area contributed by atoms with Crippen molar-refractivity contribution < 1.29 is 27.2 Å². The van der Waals surface area contributed by atoms with Gasteiger partial charge >= 0.3 is 6.61 Å². The molecular weight excluding hydrogens is 387 g/mol. The van der Waals surface area contributed by atoms with Crippen LogP contribution >= 0.6 is 0 Å². The number of alkyl halides is 2. The standard InChI is InChI=1S/C20H14F3N3O3/c1-11-7-12(28-20(22)23)3-4-13(11)14-8-15-17(9-16(14)21)29-26-19(15)27-10-18-24-5-2-6-25-18/h2-9,20H,10H2,1H3. The lowest BCUT2D eigenvalue weighted by molar-refractivity contribution is -0.0498. The third-order valence-electron chi connectivity index (χ3n) is 4.20. The van der Waals surface area contributed by atoms with Gasteiger partial charge in [0.2, 0.25) is 0 Å². The molecule has 29 heavy (non-hydrogen) atoms. The minimum Gasteiger partial charge on any atom is -0.467 e. The van der Waals surface area contributed by atoms with Crippen LogP contribution < -0.4 is 9.47 Å². The Morgan fingerprint density at radius 3 is 2.59 bits per heavy atom. The summed E-state index contributed by atoms with van der Waals surface area (Å²) in [6, 6.07) is 8.72. The molecule has 2 aromatic heterocycles. The zero-order valence-corrected chi connectivity index (χ0v) is 15.1. The first-order valence-electron chi connectivity index (χ1n) is 8.54. The summed E-state index contributed by atoms with van der Waals surface area (Å²) in [4.78, 5) is 8.12. The van der Waals surface area contributed by atoms with Crippen molar-refractivity contribution in [3.8, 4) is 22.8 Å². The van der Waals surface area contributed by atoms with E-state index >= 15 is 0 Å². The number of aryl methyl sites for hydroxylation is 1. The van der Waals surface area contributed by atoms with Gasteiger partial charge in [-0.3, -0.25) is 0 Å². The second-order valence-electron chi connectivity index (χ2n) is 6.12. The maximum Gasteiger partial charge on any atom is 0.387 e. The molecule has 0 spiro atoms. The van der Waals surface area contributed by atoms with E-state index in [1.165, 1.54) is 24.3 Å². The van der Waals surface area contributed by atoms with Gasteiger partial charge in [-0.05, 0) is 47.5 Å². The molecule has 4 aromatic rings. The molecule has 0 saturated carbocycles. The van der Waals surface area contributed by atoms with Gasteiger partial charge in [0.05, 0.1) is 5.39 Å². The largest absolute Gasteiger partial charge is 0.467 e. The molecule has 2 heterocycles. The first kappa shape index (κ1) is 18.7. The lowest BCUT2D eigenvalue weighted by atomic mass is 9.98. The van der Waals surface area contributed by atoms with Crippen molar-refractivity contribution in [2.24, 2.45) is 0 Å². The molecule has 0 N–H and O–H groups in total. The van der Waals surface area contributed by atoms with Crippen molar-refractivity contribution in [2.75, 3.05) is 0 Å². The van der Waals surface area contributed by atoms with Crippen LogP contribution in [-0.2, 0) is 6.61 Å². The Morgan fingerprint density at radius 1 is 1.07 bits per heavy atom. The molecule has 0 aliphatic heterocycles. The van der Waals surface area contributed by atoms with Crippen LogP contribution in [0.5, 0.6) is 11.6 Å². The number of rotatable bonds is 6. The number of hydrogen-bond acceptors (Lipinski definition) is 6. The zero-order chi connectivity index (χ0) is 20.4. The minimum absolute atomic E-state index is 0.000373. The van der Waals surface area contributed by atoms with Crippen LogP contribution in [0.25, 0.3) is 22.1 Å². The molecule has 0 saturated heterocycles. The SMILES string of the molecule is Cc1cc(OC(F)F)ccc1-c1cc2c(OCc3ncccn3)noc2cc1F. The van der Waals surface area contributed by atoms with E-state index in [0.717, 1.165) is 0 Å². The fraction of sp³-hybridized carbons (Fsp3) is 0.150. The van der Waals surface area contributed by atoms with Gasteiger partial charge in [-0.2, -0.15) is 8.78 Å². The zero-order valence-electron chi connectivity index (χ0n) is 15.1. The Labute approximate surface area is 162 Å². The van der Waals surface area contributed by atoms with Crippen molar-refractivity contribution in [1.29, 1.82) is 0 Å². The first-order chi connectivity index (χ1) is 14.0. The number of ether oxygens (including phenoxy) is 2. The van der Waals surface area contributed by atoms with Gasteiger partial charge < -0.3 is 14.0 Å². The maximum absolute atomic E-state index is 14.7. The molecular formula is C20H14F3N3O3. The maximum atomic E-state index is 14.7. The van der Waals surface area contributed by atoms with Gasteiger partial charge in [0.25, 0.3) is 5.88 Å². The summed E-state index contributed by atoms with van der Waals surface area (Å²) >= 11 is 0. The van der Waals surface area contributed by atoms with Gasteiger partial charge in [-0.25, -0.2) is 14.4 Å². The summed E-state index contributed by atoms with van der Waals surface area (Å²) in [5.74, 6) is 0.0808. The smallest absolute Gasteiger partial charge is 0.387 e. The van der Waals surface area contributed by atoms with Crippen LogP contribution in [0.2, 0.25) is 0 Å². The average molecular weight is 401 g/mol. The molecule has 0 unspecified atom stereocenters. The van der Waals surface area contributed by atoms with E-state index < -0.39 is 12.4 Å². The quantitative estimate of drug-likeness (QED) is 0.457. The van der Waals surface area contributed by atoms with Gasteiger partial charge in [0, 0.05) is 24.0 Å². The Morgan fingerprint density at radius 2 is 1.86 bits per heavy atom. The summed E-state index contributed by atoms with van der Waals surface area (Å²) in [7, 11) is 0. The second-order valence-corrected chi connectivity index (χ2v) is 6.12. The molecule has 0 amide bonds. The number of fused-ring (bicyclic) bond motifs is 1. The third kappa shape index (κ3) is 3.98. The van der Waals surface area contributed by atoms with Crippen molar-refractivity contribution in [3.63, 3.8) is 0 Å². The number of benzene rings is 2. The normalized spacial score (nSPS) is 11.2. The van der Waals surface area contributed by atoms with E-state index in [1.807, 2.05) is 0 Å². The van der Waals surface area contributed by atoms with Gasteiger partial charge in [0.1, 0.15) is 18.2 Å². The van der Waals surface area contributed by atoms with Crippen LogP contribution in [0, 0.1) is 12.7 Å². The molecule has 4 rings (SSSR count). The first-order valence-corrected chi connectivity index (χ1v) is 8.54. The summed E-state index contributed by atoms with van der Waals surface area (Å²) in [5.41, 5.74) is 1.55. The van der Waals surface area contributed by atoms with Crippen molar-refractivity contribution in [2.45, 2.75) is 20.1 Å². The molecule has 0 radical (unpaired) electrons. The third-order valence-corrected chi connectivity index (χ3v) is 4.20. The van der Waals surface area contributed by atoms with E-state index in [0.29, 0.717) is 22.3 Å². The fourth-order valence-electron chi connectivity index (χ4n) is 2.90. The highest BCUT2D eigenvalue weighted by atomic mass is 19.3. The van der Waals surface area contributed by atoms with E-state index in [1.54, 1.807) is 31.5 Å². The summed E-state index contributed by atoms with van der Waals surface area (Å²) in [6.07, 6.45) is 3.18. The fourth-order valence-corrected chi connectivity index (χ4v) is 2.90. The van der Waals surface area contributed by atoms with E-state index in [-0.39, 0.29) is 29.4 Å². The lowest BCUT2D eigenvalue weighted by Gasteiger charge is -2.11. The van der Waals surface area contributed by atoms with Crippen LogP contribution in [0.15, 0.2) is 53.3 Å². The van der Waals surface area contributed by atoms with Crippen molar-refractivity contribution in [1.82, 2.24) is 15.1 Å². The second kappa shape index (κ2) is 7.78. The van der Waals surface area contributed by atoms with Crippen molar-refractivity contribution >= 4 is 11.0 Å². The molecule has 9 heteroatoms.